The SMILES string of the molecule is CC(=O)Nc1c(C)ccc(OC(=O)/C=C/c2ccc(OCc3cccnc3)cc2)c1C. The summed E-state index contributed by atoms with van der Waals surface area (Å²) in [7, 11) is 0. The highest BCUT2D eigenvalue weighted by molar-refractivity contribution is 5.92. The average Bonchev–Trinajstić information content (AvgIpc) is 2.77. The van der Waals surface area contributed by atoms with E-state index in [4.69, 9.17) is 9.47 Å². The number of nitrogens with one attached hydrogen (secondary N) is 1. The molecule has 0 atom stereocenters. The van der Waals surface area contributed by atoms with Gasteiger partial charge in [0, 0.05) is 36.5 Å². The summed E-state index contributed by atoms with van der Waals surface area (Å²) in [4.78, 5) is 27.7. The van der Waals surface area contributed by atoms with E-state index in [1.165, 1.54) is 13.0 Å². The number of pyridine rings is 1. The maximum absolute atomic E-state index is 12.3. The van der Waals surface area contributed by atoms with E-state index < -0.39 is 5.97 Å². The summed E-state index contributed by atoms with van der Waals surface area (Å²) < 4.78 is 11.2. The molecule has 1 aromatic heterocycles. The number of carbonyl (C=O) groups is 2. The summed E-state index contributed by atoms with van der Waals surface area (Å²) in [6.45, 7) is 5.56. The van der Waals surface area contributed by atoms with Crippen molar-refractivity contribution in [1.82, 2.24) is 4.98 Å². The van der Waals surface area contributed by atoms with E-state index in [1.807, 2.05) is 43.3 Å². The van der Waals surface area contributed by atoms with Crippen LogP contribution >= 0.6 is 0 Å². The minimum Gasteiger partial charge on any atom is -0.489 e. The Morgan fingerprint density at radius 3 is 2.52 bits per heavy atom. The molecule has 0 unspecified atom stereocenters. The molecule has 1 N–H and O–H groups in total. The van der Waals surface area contributed by atoms with Gasteiger partial charge in [-0.3, -0.25) is 9.78 Å². The molecule has 6 heteroatoms. The lowest BCUT2D eigenvalue weighted by molar-refractivity contribution is -0.128. The predicted octanol–water partition coefficient (Wildman–Crippen LogP) is 4.85. The number of nitrogens with zero attached hydrogens (tertiary/aromatic N) is 1. The third kappa shape index (κ3) is 6.27. The molecule has 0 aliphatic heterocycles. The van der Waals surface area contributed by atoms with Crippen molar-refractivity contribution in [3.8, 4) is 11.5 Å². The van der Waals surface area contributed by atoms with Crippen molar-refractivity contribution in [2.45, 2.75) is 27.4 Å². The Morgan fingerprint density at radius 2 is 1.84 bits per heavy atom. The van der Waals surface area contributed by atoms with Gasteiger partial charge in [0.2, 0.25) is 5.91 Å². The molecule has 0 radical (unpaired) electrons. The zero-order chi connectivity index (χ0) is 22.2. The largest absolute Gasteiger partial charge is 0.489 e. The van der Waals surface area contributed by atoms with Crippen LogP contribution in [0.15, 0.2) is 67.0 Å². The van der Waals surface area contributed by atoms with Gasteiger partial charge in [-0.05, 0) is 55.3 Å². The molecule has 1 amide bonds. The van der Waals surface area contributed by atoms with Gasteiger partial charge in [0.05, 0.1) is 5.69 Å². The van der Waals surface area contributed by atoms with E-state index in [0.29, 0.717) is 23.6 Å². The van der Waals surface area contributed by atoms with Crippen molar-refractivity contribution in [1.29, 1.82) is 0 Å². The number of hydrogen-bond donors (Lipinski definition) is 1. The Kier molecular flexibility index (Phi) is 7.17. The van der Waals surface area contributed by atoms with Crippen molar-refractivity contribution in [2.75, 3.05) is 5.32 Å². The second kappa shape index (κ2) is 10.2. The molecule has 0 spiro atoms. The van der Waals surface area contributed by atoms with E-state index in [1.54, 1.807) is 37.5 Å². The third-order valence-corrected chi connectivity index (χ3v) is 4.56. The smallest absolute Gasteiger partial charge is 0.336 e. The van der Waals surface area contributed by atoms with Gasteiger partial charge in [0.15, 0.2) is 0 Å². The number of aryl methyl sites for hydroxylation is 1. The molecule has 2 aromatic carbocycles. The van der Waals surface area contributed by atoms with Gasteiger partial charge >= 0.3 is 5.97 Å². The molecule has 0 bridgehead atoms. The normalized spacial score (nSPS) is 10.7. The van der Waals surface area contributed by atoms with Crippen LogP contribution in [0.25, 0.3) is 6.08 Å². The molecule has 0 fully saturated rings. The first kappa shape index (κ1) is 21.8. The van der Waals surface area contributed by atoms with Crippen LogP contribution in [0, 0.1) is 13.8 Å². The molecule has 0 saturated heterocycles. The molecular formula is C25H24N2O4. The molecule has 3 aromatic rings. The fourth-order valence-electron chi connectivity index (χ4n) is 2.94. The van der Waals surface area contributed by atoms with Gasteiger partial charge in [0.1, 0.15) is 18.1 Å². The topological polar surface area (TPSA) is 77.5 Å². The highest BCUT2D eigenvalue weighted by Crippen LogP contribution is 2.29. The molecule has 3 rings (SSSR count). The maximum Gasteiger partial charge on any atom is 0.336 e. The van der Waals surface area contributed by atoms with Crippen LogP contribution in [0.4, 0.5) is 5.69 Å². The van der Waals surface area contributed by atoms with E-state index in [0.717, 1.165) is 22.4 Å². The van der Waals surface area contributed by atoms with Crippen LogP contribution in [-0.4, -0.2) is 16.9 Å². The van der Waals surface area contributed by atoms with E-state index in [9.17, 15) is 9.59 Å². The van der Waals surface area contributed by atoms with Gasteiger partial charge in [-0.25, -0.2) is 4.79 Å². The van der Waals surface area contributed by atoms with Gasteiger partial charge in [0.25, 0.3) is 0 Å². The lowest BCUT2D eigenvalue weighted by atomic mass is 10.1. The monoisotopic (exact) mass is 416 g/mol. The second-order valence-electron chi connectivity index (χ2n) is 7.04. The summed E-state index contributed by atoms with van der Waals surface area (Å²) in [6.07, 6.45) is 6.52. The first-order chi connectivity index (χ1) is 14.9. The summed E-state index contributed by atoms with van der Waals surface area (Å²) in [6, 6.07) is 14.7. The Bertz CT molecular complexity index is 1090. The number of rotatable bonds is 7. The Balaban J connectivity index is 1.59. The van der Waals surface area contributed by atoms with Gasteiger partial charge in [-0.2, -0.15) is 0 Å². The van der Waals surface area contributed by atoms with Crippen molar-refractivity contribution in [3.05, 3.63) is 89.3 Å². The number of carbonyl (C=O) groups excluding carboxylic acids is 2. The Hall–Kier alpha value is -3.93. The molecule has 31 heavy (non-hydrogen) atoms. The maximum atomic E-state index is 12.3. The van der Waals surface area contributed by atoms with Crippen LogP contribution in [0.3, 0.4) is 0 Å². The van der Waals surface area contributed by atoms with Crippen LogP contribution in [0.2, 0.25) is 0 Å². The summed E-state index contributed by atoms with van der Waals surface area (Å²) in [5, 5.41) is 2.78. The number of ether oxygens (including phenoxy) is 2. The lowest BCUT2D eigenvalue weighted by Crippen LogP contribution is -2.11. The van der Waals surface area contributed by atoms with Gasteiger partial charge in [-0.15, -0.1) is 0 Å². The molecular weight excluding hydrogens is 392 g/mol. The van der Waals surface area contributed by atoms with Gasteiger partial charge in [-0.1, -0.05) is 24.3 Å². The molecule has 6 nitrogen and oxygen atoms in total. The Labute approximate surface area is 181 Å². The van der Waals surface area contributed by atoms with E-state index in [-0.39, 0.29) is 5.91 Å². The number of aromatic nitrogens is 1. The molecule has 0 aliphatic rings. The molecule has 1 heterocycles. The quantitative estimate of drug-likeness (QED) is 0.338. The van der Waals surface area contributed by atoms with Crippen LogP contribution in [-0.2, 0) is 16.2 Å². The molecule has 0 saturated carbocycles. The number of anilines is 1. The number of esters is 1. The highest BCUT2D eigenvalue weighted by atomic mass is 16.5. The number of benzene rings is 2. The minimum atomic E-state index is -0.502. The van der Waals surface area contributed by atoms with Crippen molar-refractivity contribution in [3.63, 3.8) is 0 Å². The van der Waals surface area contributed by atoms with Crippen molar-refractivity contribution >= 4 is 23.6 Å². The Morgan fingerprint density at radius 1 is 1.06 bits per heavy atom. The molecule has 0 aliphatic carbocycles. The second-order valence-corrected chi connectivity index (χ2v) is 7.04. The number of hydrogen-bond acceptors (Lipinski definition) is 5. The standard InChI is InChI=1S/C25H24N2O4/c1-17-6-12-23(18(2)25(17)27-19(3)28)31-24(29)13-9-20-7-10-22(11-8-20)30-16-21-5-4-14-26-15-21/h4-15H,16H2,1-3H3,(H,27,28)/b13-9+. The summed E-state index contributed by atoms with van der Waals surface area (Å²) in [5.41, 5.74) is 4.08. The third-order valence-electron chi connectivity index (χ3n) is 4.56. The fourth-order valence-corrected chi connectivity index (χ4v) is 2.94. The van der Waals surface area contributed by atoms with Crippen LogP contribution < -0.4 is 14.8 Å². The van der Waals surface area contributed by atoms with Gasteiger partial charge < -0.3 is 14.8 Å². The summed E-state index contributed by atoms with van der Waals surface area (Å²) in [5.74, 6) is 0.451. The van der Waals surface area contributed by atoms with E-state index in [2.05, 4.69) is 10.3 Å². The number of amides is 1. The van der Waals surface area contributed by atoms with Crippen molar-refractivity contribution < 1.29 is 19.1 Å². The average molecular weight is 416 g/mol. The zero-order valence-electron chi connectivity index (χ0n) is 17.7. The van der Waals surface area contributed by atoms with E-state index >= 15 is 0 Å². The minimum absolute atomic E-state index is 0.178. The van der Waals surface area contributed by atoms with Crippen LogP contribution in [0.5, 0.6) is 11.5 Å². The molecule has 158 valence electrons. The summed E-state index contributed by atoms with van der Waals surface area (Å²) >= 11 is 0. The highest BCUT2D eigenvalue weighted by Gasteiger charge is 2.12. The zero-order valence-corrected chi connectivity index (χ0v) is 17.7. The lowest BCUT2D eigenvalue weighted by Gasteiger charge is -2.13. The fraction of sp³-hybridized carbons (Fsp3) is 0.160. The van der Waals surface area contributed by atoms with Crippen molar-refractivity contribution in [2.24, 2.45) is 0 Å². The predicted molar refractivity (Wildman–Crippen MR) is 120 cm³/mol. The first-order valence-corrected chi connectivity index (χ1v) is 9.82. The first-order valence-electron chi connectivity index (χ1n) is 9.82. The van der Waals surface area contributed by atoms with Crippen LogP contribution in [0.1, 0.15) is 29.2 Å².